The van der Waals surface area contributed by atoms with Crippen LogP contribution in [0.5, 0.6) is 17.4 Å². The number of para-hydroxylation sites is 1. The third-order valence-corrected chi connectivity index (χ3v) is 8.13. The molecule has 0 N–H and O–H groups in total. The summed E-state index contributed by atoms with van der Waals surface area (Å²) < 4.78 is 46.3. The highest BCUT2D eigenvalue weighted by molar-refractivity contribution is 7.89. The lowest BCUT2D eigenvalue weighted by Gasteiger charge is -2.34. The Morgan fingerprint density at radius 1 is 1.12 bits per heavy atom. The van der Waals surface area contributed by atoms with Crippen LogP contribution in [-0.2, 0) is 10.0 Å². The highest BCUT2D eigenvalue weighted by Gasteiger charge is 2.51. The molecule has 0 aliphatic carbocycles. The number of hydrogen-bond donors (Lipinski definition) is 0. The van der Waals surface area contributed by atoms with Crippen molar-refractivity contribution in [1.29, 1.82) is 0 Å². The van der Waals surface area contributed by atoms with Crippen LogP contribution in [-0.4, -0.2) is 49.6 Å². The molecule has 33 heavy (non-hydrogen) atoms. The Morgan fingerprint density at radius 2 is 1.91 bits per heavy atom. The van der Waals surface area contributed by atoms with Gasteiger partial charge in [0.2, 0.25) is 15.9 Å². The molecule has 0 radical (unpaired) electrons. The zero-order valence-electron chi connectivity index (χ0n) is 18.4. The Labute approximate surface area is 193 Å². The first-order chi connectivity index (χ1) is 16.0. The van der Waals surface area contributed by atoms with Gasteiger partial charge in [-0.25, -0.2) is 13.4 Å². The number of aromatic nitrogens is 2. The van der Waals surface area contributed by atoms with E-state index in [1.807, 2.05) is 24.3 Å². The van der Waals surface area contributed by atoms with Gasteiger partial charge in [0.15, 0.2) is 0 Å². The van der Waals surface area contributed by atoms with E-state index in [1.54, 1.807) is 54.9 Å². The third kappa shape index (κ3) is 4.02. The number of fused-ring (bicyclic) bond motifs is 3. The maximum atomic E-state index is 13.7. The van der Waals surface area contributed by atoms with E-state index in [0.717, 1.165) is 11.3 Å². The number of ether oxygens (including phenoxy) is 3. The van der Waals surface area contributed by atoms with E-state index in [9.17, 15) is 8.42 Å². The maximum absolute atomic E-state index is 13.7. The first-order valence-corrected chi connectivity index (χ1v) is 12.2. The molecule has 0 unspecified atom stereocenters. The Morgan fingerprint density at radius 3 is 2.67 bits per heavy atom. The minimum atomic E-state index is -3.76. The number of nitrogens with zero attached hydrogens (tertiary/aromatic N) is 3. The largest absolute Gasteiger partial charge is 0.497 e. The Balaban J connectivity index is 1.48. The van der Waals surface area contributed by atoms with E-state index < -0.39 is 10.0 Å². The monoisotopic (exact) mass is 467 g/mol. The van der Waals surface area contributed by atoms with Gasteiger partial charge < -0.3 is 14.2 Å². The van der Waals surface area contributed by atoms with Crippen LogP contribution in [0.4, 0.5) is 0 Å². The molecule has 172 valence electrons. The van der Waals surface area contributed by atoms with Crippen molar-refractivity contribution >= 4 is 10.0 Å². The van der Waals surface area contributed by atoms with E-state index in [0.29, 0.717) is 37.2 Å². The van der Waals surface area contributed by atoms with Crippen molar-refractivity contribution in [1.82, 2.24) is 14.3 Å². The van der Waals surface area contributed by atoms with Gasteiger partial charge in [0.1, 0.15) is 17.3 Å². The number of hydrogen-bond acceptors (Lipinski definition) is 7. The summed E-state index contributed by atoms with van der Waals surface area (Å²) in [5, 5.41) is 0. The van der Waals surface area contributed by atoms with Gasteiger partial charge in [0, 0.05) is 36.2 Å². The van der Waals surface area contributed by atoms with Crippen LogP contribution in [0.25, 0.3) is 0 Å². The van der Waals surface area contributed by atoms with Crippen LogP contribution in [0.1, 0.15) is 17.4 Å². The second-order valence-electron chi connectivity index (χ2n) is 8.22. The molecule has 9 heteroatoms. The van der Waals surface area contributed by atoms with Crippen LogP contribution in [0.2, 0.25) is 0 Å². The lowest BCUT2D eigenvalue weighted by atomic mass is 9.86. The molecule has 2 aliphatic rings. The Kier molecular flexibility index (Phi) is 5.67. The van der Waals surface area contributed by atoms with Crippen molar-refractivity contribution in [2.24, 2.45) is 11.8 Å². The molecule has 0 bridgehead atoms. The summed E-state index contributed by atoms with van der Waals surface area (Å²) in [6.07, 6.45) is 1.65. The minimum Gasteiger partial charge on any atom is -0.497 e. The predicted molar refractivity (Wildman–Crippen MR) is 121 cm³/mol. The minimum absolute atomic E-state index is 0.0455. The van der Waals surface area contributed by atoms with Gasteiger partial charge in [-0.2, -0.15) is 9.29 Å². The molecule has 1 aromatic heterocycles. The van der Waals surface area contributed by atoms with E-state index >= 15 is 0 Å². The maximum Gasteiger partial charge on any atom is 0.243 e. The smallest absolute Gasteiger partial charge is 0.243 e. The second-order valence-corrected chi connectivity index (χ2v) is 10.1. The standard InChI is InChI=1S/C24H25N3O5S/c1-16-25-12-11-23(26-16)32-14-17-13-27(33(28,29)19-9-7-18(30-2)8-10-19)24-20-5-3-4-6-22(20)31-15-21(17)24/h3-12,17,21,24H,13-15H2,1-2H3/t17-,21-,24-/m0/s1. The normalized spacial score (nSPS) is 22.2. The second kappa shape index (κ2) is 8.64. The molecule has 1 fully saturated rings. The SMILES string of the molecule is COc1ccc(S(=O)(=O)N2C[C@@H](COc3ccnc(C)n3)[C@@H]3COc4ccccc4[C@@H]32)cc1. The lowest BCUT2D eigenvalue weighted by Crippen LogP contribution is -2.35. The molecule has 3 aromatic rings. The van der Waals surface area contributed by atoms with Crippen molar-refractivity contribution in [2.75, 3.05) is 26.9 Å². The Hall–Kier alpha value is -3.17. The van der Waals surface area contributed by atoms with Gasteiger partial charge in [0.05, 0.1) is 31.3 Å². The Bertz CT molecular complexity index is 1250. The third-order valence-electron chi connectivity index (χ3n) is 6.27. The topological polar surface area (TPSA) is 90.9 Å². The number of rotatable bonds is 6. The number of aryl methyl sites for hydroxylation is 1. The van der Waals surface area contributed by atoms with Gasteiger partial charge in [-0.15, -0.1) is 0 Å². The van der Waals surface area contributed by atoms with E-state index in [2.05, 4.69) is 9.97 Å². The van der Waals surface area contributed by atoms with Crippen LogP contribution in [0, 0.1) is 18.8 Å². The van der Waals surface area contributed by atoms with Crippen LogP contribution >= 0.6 is 0 Å². The number of sulfonamides is 1. The van der Waals surface area contributed by atoms with Crippen molar-refractivity contribution in [3.63, 3.8) is 0 Å². The zero-order valence-corrected chi connectivity index (χ0v) is 19.2. The van der Waals surface area contributed by atoms with Crippen LogP contribution in [0.3, 0.4) is 0 Å². The summed E-state index contributed by atoms with van der Waals surface area (Å²) >= 11 is 0. The van der Waals surface area contributed by atoms with Gasteiger partial charge >= 0.3 is 0 Å². The van der Waals surface area contributed by atoms with Gasteiger partial charge in [-0.05, 0) is 37.3 Å². The average molecular weight is 468 g/mol. The van der Waals surface area contributed by atoms with Gasteiger partial charge in [-0.1, -0.05) is 18.2 Å². The van der Waals surface area contributed by atoms with E-state index in [-0.39, 0.29) is 22.8 Å². The summed E-state index contributed by atoms with van der Waals surface area (Å²) in [5.74, 6) is 2.32. The van der Waals surface area contributed by atoms with Crippen LogP contribution in [0.15, 0.2) is 65.7 Å². The summed E-state index contributed by atoms with van der Waals surface area (Å²) in [6, 6.07) is 15.5. The molecular formula is C24H25N3O5S. The molecule has 8 nitrogen and oxygen atoms in total. The lowest BCUT2D eigenvalue weighted by molar-refractivity contribution is 0.134. The zero-order chi connectivity index (χ0) is 23.0. The fraction of sp³-hybridized carbons (Fsp3) is 0.333. The summed E-state index contributed by atoms with van der Waals surface area (Å²) in [6.45, 7) is 2.88. The highest BCUT2D eigenvalue weighted by atomic mass is 32.2. The predicted octanol–water partition coefficient (Wildman–Crippen LogP) is 3.24. The van der Waals surface area contributed by atoms with E-state index in [4.69, 9.17) is 14.2 Å². The van der Waals surface area contributed by atoms with Crippen molar-refractivity contribution in [3.8, 4) is 17.4 Å². The molecule has 1 saturated heterocycles. The van der Waals surface area contributed by atoms with Crippen molar-refractivity contribution < 1.29 is 22.6 Å². The van der Waals surface area contributed by atoms with Crippen molar-refractivity contribution in [2.45, 2.75) is 17.9 Å². The average Bonchev–Trinajstić information content (AvgIpc) is 3.23. The molecule has 5 rings (SSSR count). The summed E-state index contributed by atoms with van der Waals surface area (Å²) in [5.41, 5.74) is 0.881. The molecule has 0 saturated carbocycles. The molecule has 2 aliphatic heterocycles. The first kappa shape index (κ1) is 21.7. The summed E-state index contributed by atoms with van der Waals surface area (Å²) in [7, 11) is -2.21. The number of methoxy groups -OCH3 is 1. The van der Waals surface area contributed by atoms with E-state index in [1.165, 1.54) is 0 Å². The van der Waals surface area contributed by atoms with Gasteiger partial charge in [-0.3, -0.25) is 0 Å². The summed E-state index contributed by atoms with van der Waals surface area (Å²) in [4.78, 5) is 8.63. The molecule has 3 heterocycles. The van der Waals surface area contributed by atoms with Crippen molar-refractivity contribution in [3.05, 3.63) is 72.2 Å². The highest BCUT2D eigenvalue weighted by Crippen LogP contribution is 2.49. The van der Waals surface area contributed by atoms with Crippen LogP contribution < -0.4 is 14.2 Å². The molecular weight excluding hydrogens is 442 g/mol. The number of benzene rings is 2. The molecule has 3 atom stereocenters. The first-order valence-electron chi connectivity index (χ1n) is 10.8. The molecule has 0 spiro atoms. The molecule has 0 amide bonds. The fourth-order valence-corrected chi connectivity index (χ4v) is 6.33. The quantitative estimate of drug-likeness (QED) is 0.550. The fourth-order valence-electron chi connectivity index (χ4n) is 4.62. The van der Waals surface area contributed by atoms with Gasteiger partial charge in [0.25, 0.3) is 0 Å². The molecule has 2 aromatic carbocycles.